The average Bonchev–Trinajstić information content (AvgIpc) is 3.95. The summed E-state index contributed by atoms with van der Waals surface area (Å²) >= 11 is 0. The van der Waals surface area contributed by atoms with E-state index in [-0.39, 0.29) is 69.2 Å². The lowest BCUT2D eigenvalue weighted by atomic mass is 9.98. The molecule has 0 bridgehead atoms. The van der Waals surface area contributed by atoms with Crippen molar-refractivity contribution >= 4 is 47.3 Å². The van der Waals surface area contributed by atoms with E-state index in [0.717, 1.165) is 0 Å². The van der Waals surface area contributed by atoms with Gasteiger partial charge in [-0.25, -0.2) is 4.79 Å². The summed E-state index contributed by atoms with van der Waals surface area (Å²) in [5.41, 5.74) is 12.4. The standard InChI is InChI=1S/C45H73N9O11/c1-25(2)21-32(49-42(61)37(27(5)6)52-38(57)30(47)23-28-14-16-29(56)17-15-28)39(58)50-33(22-26(3)4)43(62)53-19-9-13-36(53)41(60)51-34(24-55)44(63)54-20-10-12-35(54)40(59)48-31(45(64)65)11-7-8-18-46/h14-17,25-27,30-37,55-56H,7-13,18-24,46-47H2,1-6H3,(H,48,59)(H,49,61)(H,50,58)(H,51,60)(H,52,57)(H,64,65)/t30-,31-,32-,33-,34-,35-,36-,37-/m0/s1. The molecule has 65 heavy (non-hydrogen) atoms. The van der Waals surface area contributed by atoms with Crippen molar-refractivity contribution in [3.63, 3.8) is 0 Å². The zero-order valence-electron chi connectivity index (χ0n) is 38.7. The van der Waals surface area contributed by atoms with Crippen molar-refractivity contribution in [1.29, 1.82) is 0 Å². The third-order valence-corrected chi connectivity index (χ3v) is 11.7. The van der Waals surface area contributed by atoms with Crippen molar-refractivity contribution in [2.75, 3.05) is 26.2 Å². The van der Waals surface area contributed by atoms with Crippen molar-refractivity contribution in [3.8, 4) is 5.75 Å². The van der Waals surface area contributed by atoms with Crippen LogP contribution in [0, 0.1) is 17.8 Å². The van der Waals surface area contributed by atoms with Gasteiger partial charge in [0.25, 0.3) is 0 Å². The Balaban J connectivity index is 1.72. The number of aliphatic hydroxyl groups excluding tert-OH is 1. The number of unbranched alkanes of at least 4 members (excludes halogenated alkanes) is 1. The lowest BCUT2D eigenvalue weighted by Crippen LogP contribution is -2.61. The summed E-state index contributed by atoms with van der Waals surface area (Å²) in [7, 11) is 0. The highest BCUT2D eigenvalue weighted by molar-refractivity contribution is 5.98. The van der Waals surface area contributed by atoms with Gasteiger partial charge in [-0.2, -0.15) is 0 Å². The number of hydrogen-bond donors (Lipinski definition) is 10. The zero-order chi connectivity index (χ0) is 48.5. The Bertz CT molecular complexity index is 1790. The number of aliphatic hydroxyl groups is 1. The van der Waals surface area contributed by atoms with Crippen LogP contribution in [0.1, 0.15) is 105 Å². The molecule has 20 heteroatoms. The largest absolute Gasteiger partial charge is 0.508 e. The second-order valence-electron chi connectivity index (χ2n) is 18.4. The van der Waals surface area contributed by atoms with Crippen LogP contribution in [0.5, 0.6) is 5.75 Å². The lowest BCUT2D eigenvalue weighted by molar-refractivity contribution is -0.146. The van der Waals surface area contributed by atoms with Gasteiger partial charge in [-0.3, -0.25) is 33.6 Å². The van der Waals surface area contributed by atoms with E-state index in [1.807, 2.05) is 27.7 Å². The number of hydrogen-bond acceptors (Lipinski definition) is 12. The van der Waals surface area contributed by atoms with E-state index in [2.05, 4.69) is 26.6 Å². The number of carbonyl (C=O) groups is 8. The molecule has 1 aromatic rings. The van der Waals surface area contributed by atoms with Gasteiger partial charge >= 0.3 is 5.97 Å². The Labute approximate surface area is 381 Å². The number of carboxylic acids is 1. The fourth-order valence-corrected chi connectivity index (χ4v) is 8.18. The summed E-state index contributed by atoms with van der Waals surface area (Å²) in [5, 5.41) is 42.9. The predicted octanol–water partition coefficient (Wildman–Crippen LogP) is -0.378. The van der Waals surface area contributed by atoms with E-state index < -0.39 is 108 Å². The second kappa shape index (κ2) is 26.0. The van der Waals surface area contributed by atoms with Gasteiger partial charge in [-0.05, 0) is 106 Å². The number of nitrogens with zero attached hydrogens (tertiary/aromatic N) is 2. The molecule has 2 saturated heterocycles. The van der Waals surface area contributed by atoms with Crippen molar-refractivity contribution < 1.29 is 53.7 Å². The lowest BCUT2D eigenvalue weighted by Gasteiger charge is -2.32. The summed E-state index contributed by atoms with van der Waals surface area (Å²) in [6, 6.07) is -2.76. The van der Waals surface area contributed by atoms with Crippen molar-refractivity contribution in [2.24, 2.45) is 29.2 Å². The molecule has 2 aliphatic rings. The van der Waals surface area contributed by atoms with Gasteiger partial charge in [-0.15, -0.1) is 0 Å². The molecule has 0 aliphatic carbocycles. The van der Waals surface area contributed by atoms with Crippen molar-refractivity contribution in [3.05, 3.63) is 29.8 Å². The van der Waals surface area contributed by atoms with Crippen LogP contribution in [-0.4, -0.2) is 147 Å². The summed E-state index contributed by atoms with van der Waals surface area (Å²) in [6.07, 6.45) is 3.08. The summed E-state index contributed by atoms with van der Waals surface area (Å²) in [5.74, 6) is -6.21. The smallest absolute Gasteiger partial charge is 0.326 e. The van der Waals surface area contributed by atoms with E-state index >= 15 is 0 Å². The van der Waals surface area contributed by atoms with Gasteiger partial charge in [0.2, 0.25) is 41.4 Å². The topological polar surface area (TPSA) is 316 Å². The first kappa shape index (κ1) is 54.0. The maximum Gasteiger partial charge on any atom is 0.326 e. The van der Waals surface area contributed by atoms with Gasteiger partial charge in [-0.1, -0.05) is 53.7 Å². The summed E-state index contributed by atoms with van der Waals surface area (Å²) in [4.78, 5) is 111. The quantitative estimate of drug-likeness (QED) is 0.0561. The number of nitrogens with one attached hydrogen (secondary N) is 5. The fourth-order valence-electron chi connectivity index (χ4n) is 8.18. The maximum atomic E-state index is 14.3. The molecule has 1 aromatic carbocycles. The molecular formula is C45H73N9O11. The van der Waals surface area contributed by atoms with Crippen LogP contribution >= 0.6 is 0 Å². The third kappa shape index (κ3) is 16.2. The molecule has 12 N–H and O–H groups in total. The normalized spacial score (nSPS) is 19.0. The first-order valence-electron chi connectivity index (χ1n) is 22.9. The summed E-state index contributed by atoms with van der Waals surface area (Å²) in [6.45, 7) is 10.8. The number of aliphatic carboxylic acids is 1. The van der Waals surface area contributed by atoms with Gasteiger partial charge < -0.3 is 63.2 Å². The highest BCUT2D eigenvalue weighted by Gasteiger charge is 2.42. The molecule has 0 spiro atoms. The van der Waals surface area contributed by atoms with Gasteiger partial charge in [0.05, 0.1) is 12.6 Å². The molecule has 7 amide bonds. The van der Waals surface area contributed by atoms with E-state index in [9.17, 15) is 53.7 Å². The number of phenols is 1. The molecule has 8 atom stereocenters. The Morgan fingerprint density at radius 1 is 0.677 bits per heavy atom. The van der Waals surface area contributed by atoms with Crippen LogP contribution in [0.25, 0.3) is 0 Å². The number of carbonyl (C=O) groups excluding carboxylic acids is 7. The van der Waals surface area contributed by atoms with Gasteiger partial charge in [0.1, 0.15) is 48.0 Å². The van der Waals surface area contributed by atoms with Crippen LogP contribution in [0.3, 0.4) is 0 Å². The van der Waals surface area contributed by atoms with Crippen molar-refractivity contribution in [1.82, 2.24) is 36.4 Å². The Morgan fingerprint density at radius 2 is 1.18 bits per heavy atom. The van der Waals surface area contributed by atoms with E-state index in [0.29, 0.717) is 37.8 Å². The summed E-state index contributed by atoms with van der Waals surface area (Å²) < 4.78 is 0. The van der Waals surface area contributed by atoms with Crippen LogP contribution < -0.4 is 38.1 Å². The number of amides is 7. The molecular weight excluding hydrogens is 843 g/mol. The molecule has 2 heterocycles. The van der Waals surface area contributed by atoms with E-state index in [4.69, 9.17) is 11.5 Å². The predicted molar refractivity (Wildman–Crippen MR) is 240 cm³/mol. The third-order valence-electron chi connectivity index (χ3n) is 11.7. The molecule has 20 nitrogen and oxygen atoms in total. The molecule has 3 rings (SSSR count). The first-order valence-corrected chi connectivity index (χ1v) is 22.9. The number of benzene rings is 1. The number of rotatable bonds is 25. The minimum absolute atomic E-state index is 0.0667. The molecule has 0 saturated carbocycles. The zero-order valence-corrected chi connectivity index (χ0v) is 38.7. The molecule has 0 radical (unpaired) electrons. The van der Waals surface area contributed by atoms with Crippen LogP contribution in [0.4, 0.5) is 0 Å². The number of carboxylic acid groups (broad SMARTS) is 1. The Hall–Kier alpha value is -5.34. The average molecular weight is 916 g/mol. The minimum atomic E-state index is -1.46. The van der Waals surface area contributed by atoms with Gasteiger partial charge in [0.15, 0.2) is 0 Å². The number of phenolic OH excluding ortho intramolecular Hbond substituents is 1. The van der Waals surface area contributed by atoms with Gasteiger partial charge in [0, 0.05) is 13.1 Å². The maximum absolute atomic E-state index is 14.3. The monoisotopic (exact) mass is 916 g/mol. The number of likely N-dealkylation sites (tertiary alicyclic amines) is 2. The van der Waals surface area contributed by atoms with Crippen molar-refractivity contribution in [2.45, 2.75) is 154 Å². The van der Waals surface area contributed by atoms with Crippen LogP contribution in [0.15, 0.2) is 24.3 Å². The van der Waals surface area contributed by atoms with E-state index in [1.54, 1.807) is 26.0 Å². The van der Waals surface area contributed by atoms with Crippen LogP contribution in [0.2, 0.25) is 0 Å². The van der Waals surface area contributed by atoms with Crippen LogP contribution in [-0.2, 0) is 44.8 Å². The number of aromatic hydroxyl groups is 1. The Morgan fingerprint density at radius 3 is 1.68 bits per heavy atom. The SMILES string of the molecule is CC(C)C[C@H](NC(=O)[C@@H](NC(=O)[C@@H](N)Cc1ccc(O)cc1)C(C)C)C(=O)N[C@@H](CC(C)C)C(=O)N1CCC[C@H]1C(=O)N[C@@H](CO)C(=O)N1CCC[C@H]1C(=O)N[C@@H](CCCCN)C(=O)O. The van der Waals surface area contributed by atoms with E-state index in [1.165, 1.54) is 21.9 Å². The molecule has 2 aliphatic heterocycles. The molecule has 364 valence electrons. The molecule has 0 aromatic heterocycles. The second-order valence-corrected chi connectivity index (χ2v) is 18.4. The molecule has 0 unspecified atom stereocenters. The highest BCUT2D eigenvalue weighted by atomic mass is 16.4. The highest BCUT2D eigenvalue weighted by Crippen LogP contribution is 2.23. The first-order chi connectivity index (χ1) is 30.7. The minimum Gasteiger partial charge on any atom is -0.508 e. The Kier molecular flexibility index (Phi) is 21.6. The number of nitrogens with two attached hydrogens (primary N) is 2. The fraction of sp³-hybridized carbons (Fsp3) is 0.689. The molecule has 2 fully saturated rings.